The molecule has 1 aliphatic heterocycles. The molecule has 1 aliphatic rings. The fraction of sp³-hybridized carbons (Fsp3) is 0.258. The van der Waals surface area contributed by atoms with Crippen LogP contribution in [0, 0.1) is 9.39 Å². The van der Waals surface area contributed by atoms with Gasteiger partial charge in [-0.2, -0.15) is 0 Å². The van der Waals surface area contributed by atoms with Crippen molar-refractivity contribution >= 4 is 46.5 Å². The summed E-state index contributed by atoms with van der Waals surface area (Å²) in [6, 6.07) is 13.7. The highest BCUT2D eigenvalue weighted by Gasteiger charge is 2.36. The fourth-order valence-corrected chi connectivity index (χ4v) is 4.92. The lowest BCUT2D eigenvalue weighted by Gasteiger charge is -2.26. The standard InChI is InChI=1S/C31H30FIN2O7/c1-4-12-41-25-11-8-20(15-26(25)39-3)17-35-30(37)23(29(36)34-31(35)38)13-21-14-24(33)28(27(16-21)40-5-2)42-18-19-6-9-22(32)10-7-19/h6-11,13-16H,4-5,12,17-18H2,1-3H3,(H,34,36,38)/b23-13+. The maximum atomic E-state index is 13.4. The van der Waals surface area contributed by atoms with Crippen LogP contribution in [0.1, 0.15) is 37.0 Å². The molecule has 1 N–H and O–H groups in total. The molecule has 42 heavy (non-hydrogen) atoms. The number of ether oxygens (including phenoxy) is 4. The third kappa shape index (κ3) is 7.38. The van der Waals surface area contributed by atoms with Crippen molar-refractivity contribution in [3.63, 3.8) is 0 Å². The van der Waals surface area contributed by atoms with Gasteiger partial charge in [0.15, 0.2) is 23.0 Å². The van der Waals surface area contributed by atoms with Gasteiger partial charge in [-0.25, -0.2) is 9.18 Å². The lowest BCUT2D eigenvalue weighted by Crippen LogP contribution is -2.53. The molecule has 0 aliphatic carbocycles. The first-order chi connectivity index (χ1) is 20.2. The van der Waals surface area contributed by atoms with Crippen LogP contribution in [0.2, 0.25) is 0 Å². The molecule has 0 bridgehead atoms. The van der Waals surface area contributed by atoms with Crippen LogP contribution in [0.4, 0.5) is 9.18 Å². The molecule has 3 aromatic rings. The third-order valence-corrected chi connectivity index (χ3v) is 6.96. The smallest absolute Gasteiger partial charge is 0.331 e. The second kappa shape index (κ2) is 14.2. The monoisotopic (exact) mass is 688 g/mol. The fourth-order valence-electron chi connectivity index (χ4n) is 4.14. The first kappa shape index (κ1) is 30.8. The minimum Gasteiger partial charge on any atom is -0.493 e. The normalized spacial score (nSPS) is 14.2. The van der Waals surface area contributed by atoms with Gasteiger partial charge in [0.05, 0.1) is 30.4 Å². The summed E-state index contributed by atoms with van der Waals surface area (Å²) in [6.07, 6.45) is 2.24. The summed E-state index contributed by atoms with van der Waals surface area (Å²) in [7, 11) is 1.51. The summed E-state index contributed by atoms with van der Waals surface area (Å²) >= 11 is 2.08. The Labute approximate surface area is 256 Å². The van der Waals surface area contributed by atoms with E-state index in [0.717, 1.165) is 16.9 Å². The second-order valence-electron chi connectivity index (χ2n) is 9.22. The number of halogens is 2. The number of methoxy groups -OCH3 is 1. The molecule has 4 amide bonds. The number of nitrogens with zero attached hydrogens (tertiary/aromatic N) is 1. The highest BCUT2D eigenvalue weighted by atomic mass is 127. The number of hydrogen-bond acceptors (Lipinski definition) is 7. The van der Waals surface area contributed by atoms with Crippen LogP contribution in [-0.4, -0.2) is 43.1 Å². The Balaban J connectivity index is 1.58. The van der Waals surface area contributed by atoms with E-state index < -0.39 is 17.8 Å². The maximum absolute atomic E-state index is 13.4. The second-order valence-corrected chi connectivity index (χ2v) is 10.4. The van der Waals surface area contributed by atoms with Crippen molar-refractivity contribution < 1.29 is 37.7 Å². The van der Waals surface area contributed by atoms with Crippen LogP contribution in [-0.2, 0) is 22.7 Å². The van der Waals surface area contributed by atoms with Gasteiger partial charge in [0.2, 0.25) is 0 Å². The number of benzene rings is 3. The van der Waals surface area contributed by atoms with Gasteiger partial charge < -0.3 is 18.9 Å². The van der Waals surface area contributed by atoms with Crippen LogP contribution in [0.5, 0.6) is 23.0 Å². The molecule has 1 saturated heterocycles. The van der Waals surface area contributed by atoms with Gasteiger partial charge in [-0.1, -0.05) is 25.1 Å². The lowest BCUT2D eigenvalue weighted by atomic mass is 10.1. The minimum absolute atomic E-state index is 0.0857. The first-order valence-corrected chi connectivity index (χ1v) is 14.3. The number of nitrogens with one attached hydrogen (secondary N) is 1. The predicted molar refractivity (Wildman–Crippen MR) is 162 cm³/mol. The van der Waals surface area contributed by atoms with E-state index in [1.165, 1.54) is 25.3 Å². The molecule has 0 saturated carbocycles. The predicted octanol–water partition coefficient (Wildman–Crippen LogP) is 5.87. The van der Waals surface area contributed by atoms with Gasteiger partial charge in [-0.15, -0.1) is 0 Å². The molecule has 1 heterocycles. The molecule has 0 atom stereocenters. The van der Waals surface area contributed by atoms with Gasteiger partial charge in [0.25, 0.3) is 11.8 Å². The number of imide groups is 2. The van der Waals surface area contributed by atoms with E-state index in [1.54, 1.807) is 42.5 Å². The number of urea groups is 1. The number of carbonyl (C=O) groups is 3. The average Bonchev–Trinajstić information content (AvgIpc) is 2.97. The summed E-state index contributed by atoms with van der Waals surface area (Å²) in [5, 5.41) is 2.24. The van der Waals surface area contributed by atoms with Crippen LogP contribution < -0.4 is 24.3 Å². The minimum atomic E-state index is -0.818. The molecule has 4 rings (SSSR count). The van der Waals surface area contributed by atoms with E-state index in [9.17, 15) is 18.8 Å². The van der Waals surface area contributed by atoms with Crippen molar-refractivity contribution in [2.75, 3.05) is 20.3 Å². The lowest BCUT2D eigenvalue weighted by molar-refractivity contribution is -0.130. The Morgan fingerprint density at radius 1 is 0.905 bits per heavy atom. The topological polar surface area (TPSA) is 103 Å². The van der Waals surface area contributed by atoms with Crippen LogP contribution in [0.15, 0.2) is 60.2 Å². The maximum Gasteiger partial charge on any atom is 0.331 e. The molecular weight excluding hydrogens is 658 g/mol. The number of rotatable bonds is 12. The van der Waals surface area contributed by atoms with Gasteiger partial charge in [0, 0.05) is 0 Å². The van der Waals surface area contributed by atoms with E-state index in [1.807, 2.05) is 13.8 Å². The average molecular weight is 688 g/mol. The van der Waals surface area contributed by atoms with E-state index >= 15 is 0 Å². The molecule has 0 radical (unpaired) electrons. The zero-order valence-corrected chi connectivity index (χ0v) is 25.5. The van der Waals surface area contributed by atoms with Crippen molar-refractivity contribution in [1.82, 2.24) is 10.2 Å². The van der Waals surface area contributed by atoms with Crippen LogP contribution >= 0.6 is 22.6 Å². The molecule has 220 valence electrons. The first-order valence-electron chi connectivity index (χ1n) is 13.3. The van der Waals surface area contributed by atoms with Gasteiger partial charge in [-0.05, 0) is 95.1 Å². The van der Waals surface area contributed by atoms with E-state index in [0.29, 0.717) is 50.9 Å². The van der Waals surface area contributed by atoms with Crippen molar-refractivity contribution in [3.8, 4) is 23.0 Å². The van der Waals surface area contributed by atoms with Crippen LogP contribution in [0.25, 0.3) is 6.08 Å². The van der Waals surface area contributed by atoms with Gasteiger partial charge in [0.1, 0.15) is 18.0 Å². The Bertz CT molecular complexity index is 1510. The zero-order chi connectivity index (χ0) is 30.2. The largest absolute Gasteiger partial charge is 0.493 e. The summed E-state index contributed by atoms with van der Waals surface area (Å²) in [5.41, 5.74) is 1.69. The Morgan fingerprint density at radius 2 is 1.64 bits per heavy atom. The van der Waals surface area contributed by atoms with Gasteiger partial charge in [-0.3, -0.25) is 19.8 Å². The molecule has 0 spiro atoms. The highest BCUT2D eigenvalue weighted by Crippen LogP contribution is 2.36. The molecule has 0 aromatic heterocycles. The quantitative estimate of drug-likeness (QED) is 0.144. The molecule has 11 heteroatoms. The summed E-state index contributed by atoms with van der Waals surface area (Å²) < 4.78 is 36.8. The Morgan fingerprint density at radius 3 is 2.33 bits per heavy atom. The third-order valence-electron chi connectivity index (χ3n) is 6.16. The summed E-state index contributed by atoms with van der Waals surface area (Å²) in [5.74, 6) is 0.0331. The molecule has 1 fully saturated rings. The van der Waals surface area contributed by atoms with Crippen LogP contribution in [0.3, 0.4) is 0 Å². The van der Waals surface area contributed by atoms with E-state index in [4.69, 9.17) is 18.9 Å². The van der Waals surface area contributed by atoms with E-state index in [-0.39, 0.29) is 24.5 Å². The van der Waals surface area contributed by atoms with Gasteiger partial charge >= 0.3 is 6.03 Å². The van der Waals surface area contributed by atoms with Crippen molar-refractivity contribution in [2.24, 2.45) is 0 Å². The SMILES string of the molecule is CCCOc1ccc(CN2C(=O)NC(=O)/C(=C\c3cc(I)c(OCc4ccc(F)cc4)c(OCC)c3)C2=O)cc1OC. The van der Waals surface area contributed by atoms with Crippen molar-refractivity contribution in [2.45, 2.75) is 33.4 Å². The molecule has 0 unspecified atom stereocenters. The molecule has 9 nitrogen and oxygen atoms in total. The van der Waals surface area contributed by atoms with Crippen molar-refractivity contribution in [3.05, 3.63) is 86.2 Å². The number of carbonyl (C=O) groups excluding carboxylic acids is 3. The molecule has 3 aromatic carbocycles. The molecular formula is C31H30FIN2O7. The number of hydrogen-bond donors (Lipinski definition) is 1. The Kier molecular flexibility index (Phi) is 10.4. The Hall–Kier alpha value is -4.13. The number of amides is 4. The summed E-state index contributed by atoms with van der Waals surface area (Å²) in [6.45, 7) is 4.77. The number of barbiturate groups is 1. The van der Waals surface area contributed by atoms with Crippen molar-refractivity contribution in [1.29, 1.82) is 0 Å². The zero-order valence-electron chi connectivity index (χ0n) is 23.4. The van der Waals surface area contributed by atoms with E-state index in [2.05, 4.69) is 27.9 Å². The summed E-state index contributed by atoms with van der Waals surface area (Å²) in [4.78, 5) is 39.8. The highest BCUT2D eigenvalue weighted by molar-refractivity contribution is 14.1.